The summed E-state index contributed by atoms with van der Waals surface area (Å²) >= 11 is 0. The summed E-state index contributed by atoms with van der Waals surface area (Å²) in [6, 6.07) is 0. The number of carbonyl (C=O) groups is 9. The van der Waals surface area contributed by atoms with Gasteiger partial charge in [-0.15, -0.1) is 0 Å². The first-order valence-electron chi connectivity index (χ1n) is 35.9. The van der Waals surface area contributed by atoms with Gasteiger partial charge in [-0.1, -0.05) is 150 Å². The lowest BCUT2D eigenvalue weighted by atomic mass is 9.33. The summed E-state index contributed by atoms with van der Waals surface area (Å²) in [5.41, 5.74) is -1.50. The molecule has 0 spiro atoms. The maximum absolute atomic E-state index is 15.6. The molecule has 0 amide bonds. The molecule has 95 heavy (non-hydrogen) atoms. The van der Waals surface area contributed by atoms with Crippen LogP contribution in [-0.4, -0.2) is 141 Å². The molecule has 538 valence electrons. The number of ketones is 1. The van der Waals surface area contributed by atoms with E-state index < -0.39 is 144 Å². The van der Waals surface area contributed by atoms with Crippen LogP contribution in [-0.2, 0) is 100.0 Å². The molecule has 21 heteroatoms. The molecule has 0 bridgehead atoms. The Balaban J connectivity index is 1.07. The molecule has 0 N–H and O–H groups in total. The van der Waals surface area contributed by atoms with Crippen LogP contribution in [0.4, 0.5) is 0 Å². The van der Waals surface area contributed by atoms with E-state index in [0.29, 0.717) is 25.9 Å². The third-order valence-corrected chi connectivity index (χ3v) is 23.4. The standard InChI is InChI=1S/C74H116O21/c1-16-17-18-19-20-21-22-23-24-25-26-27-28-29-30-31-40-84-68(83)71(12)37-36-70(11)38-39-73(14)52(53(70)42-71)41-54(82)65-72(13)34-33-58(69(9,10)57(72)32-35-74(65,73)15)94-66-63(90-50(7)80)62(89-49(6)79)60(56(92-66)44-86-46(3)76)95-67-64(91-51(8)81)61(88-48(5)78)59(87-47(4)77)55(93-67)43-85-45(2)75/h41,53,55-67H,16-40,42-44H2,1-15H3/t53-,55+,56+,57-,58-,59-,60+,61-,62-,63+,64+,65+,66-,67-,70+,71-,72-,73+,74+/m0/s1. The van der Waals surface area contributed by atoms with Gasteiger partial charge in [-0.25, -0.2) is 0 Å². The predicted octanol–water partition coefficient (Wildman–Crippen LogP) is 12.8. The van der Waals surface area contributed by atoms with E-state index in [1.54, 1.807) is 0 Å². The number of esters is 8. The maximum Gasteiger partial charge on any atom is 0.311 e. The van der Waals surface area contributed by atoms with Gasteiger partial charge in [0.1, 0.15) is 31.5 Å². The first-order valence-corrected chi connectivity index (χ1v) is 35.9. The lowest BCUT2D eigenvalue weighted by molar-refractivity contribution is -0.369. The van der Waals surface area contributed by atoms with E-state index in [1.807, 2.05) is 6.08 Å². The van der Waals surface area contributed by atoms with Crippen LogP contribution in [0.2, 0.25) is 0 Å². The molecule has 7 rings (SSSR count). The third-order valence-electron chi connectivity index (χ3n) is 23.4. The second-order valence-electron chi connectivity index (χ2n) is 30.8. The largest absolute Gasteiger partial charge is 0.465 e. The SMILES string of the molecule is CCCCCCCCCCCCCCCCCCOC(=O)[C@@]1(C)CC[C@]2(C)CC[C@]3(C)C(=CC(=O)[C@@H]4[C@@]5(C)CC[C@H](O[C@@H]6O[C@H](COC(C)=O)[C@@H](O[C@@H]7O[C@H](COC(C)=O)[C@H](OC(C)=O)[C@H](OC(C)=O)[C@H]7OC(C)=O)[C@H](OC(C)=O)[C@H]6OC(C)=O)C(C)(C)[C@@H]5CC[C@]43C)[C@@H]2C1. The molecule has 6 fully saturated rings. The summed E-state index contributed by atoms with van der Waals surface area (Å²) in [7, 11) is 0. The van der Waals surface area contributed by atoms with Crippen molar-refractivity contribution in [2.75, 3.05) is 19.8 Å². The van der Waals surface area contributed by atoms with Gasteiger partial charge in [0.2, 0.25) is 0 Å². The van der Waals surface area contributed by atoms with Crippen molar-refractivity contribution in [3.8, 4) is 0 Å². The summed E-state index contributed by atoms with van der Waals surface area (Å²) in [5.74, 6) is -6.24. The Labute approximate surface area is 564 Å². The van der Waals surface area contributed by atoms with Gasteiger partial charge >= 0.3 is 47.8 Å². The van der Waals surface area contributed by atoms with Gasteiger partial charge in [-0.05, 0) is 116 Å². The van der Waals surface area contributed by atoms with Crippen molar-refractivity contribution in [2.24, 2.45) is 50.2 Å². The minimum Gasteiger partial charge on any atom is -0.465 e. The second-order valence-corrected chi connectivity index (χ2v) is 30.8. The average molecular weight is 1340 g/mol. The van der Waals surface area contributed by atoms with Gasteiger partial charge in [0.05, 0.1) is 18.1 Å². The van der Waals surface area contributed by atoms with Gasteiger partial charge in [0, 0.05) is 54.4 Å². The van der Waals surface area contributed by atoms with Crippen LogP contribution in [0.3, 0.4) is 0 Å². The first-order chi connectivity index (χ1) is 44.7. The number of rotatable bonds is 31. The minimum atomic E-state index is -1.84. The molecule has 2 heterocycles. The van der Waals surface area contributed by atoms with E-state index in [2.05, 4.69) is 55.4 Å². The molecule has 0 radical (unpaired) electrons. The lowest BCUT2D eigenvalue weighted by Crippen LogP contribution is -2.68. The zero-order chi connectivity index (χ0) is 69.8. The fourth-order valence-electron chi connectivity index (χ4n) is 18.3. The summed E-state index contributed by atoms with van der Waals surface area (Å²) in [6.07, 6.45) is 12.5. The summed E-state index contributed by atoms with van der Waals surface area (Å²) in [4.78, 5) is 119. The Morgan fingerprint density at radius 2 is 0.916 bits per heavy atom. The summed E-state index contributed by atoms with van der Waals surface area (Å²) in [5, 5.41) is 0. The number of carbonyl (C=O) groups excluding carboxylic acids is 9. The molecule has 0 aromatic heterocycles. The van der Waals surface area contributed by atoms with Crippen molar-refractivity contribution in [1.29, 1.82) is 0 Å². The van der Waals surface area contributed by atoms with Crippen molar-refractivity contribution in [2.45, 2.75) is 332 Å². The number of ether oxygens (including phenoxy) is 12. The van der Waals surface area contributed by atoms with Crippen LogP contribution < -0.4 is 0 Å². The van der Waals surface area contributed by atoms with E-state index in [0.717, 1.165) is 99.3 Å². The normalized spacial score (nSPS) is 36.2. The number of unbranched alkanes of at least 4 members (excludes halogenated alkanes) is 15. The highest BCUT2D eigenvalue weighted by atomic mass is 16.8. The Morgan fingerprint density at radius 1 is 0.474 bits per heavy atom. The molecular formula is C74H116O21. The van der Waals surface area contributed by atoms with Gasteiger partial charge in [0.25, 0.3) is 0 Å². The molecule has 4 saturated carbocycles. The average Bonchev–Trinajstić information content (AvgIpc) is 0.674. The molecule has 2 saturated heterocycles. The van der Waals surface area contributed by atoms with Gasteiger partial charge in [0.15, 0.2) is 48.9 Å². The topological polar surface area (TPSA) is 264 Å². The first kappa shape index (κ1) is 77.4. The van der Waals surface area contributed by atoms with Crippen molar-refractivity contribution in [1.82, 2.24) is 0 Å². The highest BCUT2D eigenvalue weighted by Gasteiger charge is 2.71. The fraction of sp³-hybridized carbons (Fsp3) is 0.851. The molecule has 0 unspecified atom stereocenters. The van der Waals surface area contributed by atoms with Crippen LogP contribution >= 0.6 is 0 Å². The van der Waals surface area contributed by atoms with Crippen LogP contribution in [0, 0.1) is 50.2 Å². The molecule has 21 nitrogen and oxygen atoms in total. The van der Waals surface area contributed by atoms with Crippen molar-refractivity contribution >= 4 is 53.5 Å². The van der Waals surface area contributed by atoms with Crippen molar-refractivity contribution in [3.63, 3.8) is 0 Å². The zero-order valence-electron chi connectivity index (χ0n) is 60.0. The Hall–Kier alpha value is -4.99. The number of fused-ring (bicyclic) bond motifs is 7. The maximum atomic E-state index is 15.6. The summed E-state index contributed by atoms with van der Waals surface area (Å²) < 4.78 is 72.7. The minimum absolute atomic E-state index is 0.0363. The monoisotopic (exact) mass is 1340 g/mol. The molecule has 0 aromatic carbocycles. The third kappa shape index (κ3) is 18.3. The highest BCUT2D eigenvalue weighted by Crippen LogP contribution is 2.75. The molecular weight excluding hydrogens is 1220 g/mol. The molecule has 7 aliphatic rings. The van der Waals surface area contributed by atoms with Crippen LogP contribution in [0.25, 0.3) is 0 Å². The predicted molar refractivity (Wildman–Crippen MR) is 348 cm³/mol. The van der Waals surface area contributed by atoms with Crippen LogP contribution in [0.1, 0.15) is 264 Å². The smallest absolute Gasteiger partial charge is 0.311 e. The molecule has 19 atom stereocenters. The summed E-state index contributed by atoms with van der Waals surface area (Å²) in [6.45, 7) is 25.0. The number of hydrogen-bond donors (Lipinski definition) is 0. The van der Waals surface area contributed by atoms with Crippen molar-refractivity contribution < 1.29 is 100.0 Å². The van der Waals surface area contributed by atoms with E-state index in [9.17, 15) is 38.4 Å². The molecule has 0 aromatic rings. The highest BCUT2D eigenvalue weighted by molar-refractivity contribution is 5.96. The fourth-order valence-corrected chi connectivity index (χ4v) is 18.3. The van der Waals surface area contributed by atoms with E-state index in [-0.39, 0.29) is 40.3 Å². The second kappa shape index (κ2) is 33.2. The van der Waals surface area contributed by atoms with Crippen LogP contribution in [0.5, 0.6) is 0 Å². The Kier molecular flexibility index (Phi) is 27.1. The van der Waals surface area contributed by atoms with Gasteiger partial charge < -0.3 is 56.8 Å². The zero-order valence-corrected chi connectivity index (χ0v) is 60.0. The number of allylic oxidation sites excluding steroid dienone is 2. The van der Waals surface area contributed by atoms with E-state index >= 15 is 4.79 Å². The van der Waals surface area contributed by atoms with E-state index in [4.69, 9.17) is 56.8 Å². The van der Waals surface area contributed by atoms with Crippen LogP contribution in [0.15, 0.2) is 11.6 Å². The van der Waals surface area contributed by atoms with E-state index in [1.165, 1.54) is 96.0 Å². The quantitative estimate of drug-likeness (QED) is 0.0270. The molecule has 2 aliphatic heterocycles. The molecule has 5 aliphatic carbocycles. The van der Waals surface area contributed by atoms with Crippen molar-refractivity contribution in [3.05, 3.63) is 11.6 Å². The lowest BCUT2D eigenvalue weighted by Gasteiger charge is -2.70. The number of hydrogen-bond acceptors (Lipinski definition) is 21. The van der Waals surface area contributed by atoms with Gasteiger partial charge in [-0.2, -0.15) is 0 Å². The Bertz CT molecular complexity index is 2720. The Morgan fingerprint density at radius 3 is 1.41 bits per heavy atom. The van der Waals surface area contributed by atoms with Gasteiger partial charge in [-0.3, -0.25) is 43.2 Å².